The summed E-state index contributed by atoms with van der Waals surface area (Å²) in [6.07, 6.45) is -4.04. The van der Waals surface area contributed by atoms with Crippen LogP contribution in [0.2, 0.25) is 0 Å². The van der Waals surface area contributed by atoms with Crippen LogP contribution in [0.4, 0.5) is 8.78 Å². The minimum atomic E-state index is -1.45. The number of hydrogen-bond acceptors (Lipinski definition) is 1. The Bertz CT molecular complexity index is 152. The molecule has 0 amide bonds. The maximum absolute atomic E-state index is 13.3. The molecule has 3 heteroatoms. The zero-order chi connectivity index (χ0) is 10.2. The predicted octanol–water partition coefficient (Wildman–Crippen LogP) is 2.74. The quantitative estimate of drug-likeness (QED) is 0.653. The van der Waals surface area contributed by atoms with E-state index in [1.807, 2.05) is 27.7 Å². The lowest BCUT2D eigenvalue weighted by Gasteiger charge is -2.18. The van der Waals surface area contributed by atoms with Crippen molar-refractivity contribution in [3.8, 4) is 0 Å². The van der Waals surface area contributed by atoms with Crippen LogP contribution in [0.15, 0.2) is 0 Å². The highest BCUT2D eigenvalue weighted by atomic mass is 19.2. The molecule has 0 N–H and O–H groups in total. The lowest BCUT2D eigenvalue weighted by Crippen LogP contribution is -2.29. The first kappa shape index (κ1) is 10.9. The molecule has 13 heavy (non-hydrogen) atoms. The molecule has 0 aromatic heterocycles. The maximum Gasteiger partial charge on any atom is 0.160 e. The first-order valence-electron chi connectivity index (χ1n) is 4.88. The minimum Gasteiger partial charge on any atom is -0.368 e. The van der Waals surface area contributed by atoms with Gasteiger partial charge in [0.05, 0.1) is 12.2 Å². The number of alkyl halides is 2. The molecule has 1 saturated heterocycles. The Hall–Kier alpha value is -0.180. The van der Waals surface area contributed by atoms with Crippen LogP contribution in [0.3, 0.4) is 0 Å². The SMILES string of the molecule is CC(C)[C@H]1O[C@@H](C(C)C)[C@H](F)[C@@H]1F. The van der Waals surface area contributed by atoms with Crippen LogP contribution < -0.4 is 0 Å². The van der Waals surface area contributed by atoms with Crippen molar-refractivity contribution in [3.63, 3.8) is 0 Å². The van der Waals surface area contributed by atoms with Gasteiger partial charge in [-0.15, -0.1) is 0 Å². The third kappa shape index (κ3) is 2.01. The van der Waals surface area contributed by atoms with Gasteiger partial charge in [-0.25, -0.2) is 8.78 Å². The van der Waals surface area contributed by atoms with Gasteiger partial charge in [0.2, 0.25) is 0 Å². The van der Waals surface area contributed by atoms with Crippen LogP contribution in [0.1, 0.15) is 27.7 Å². The molecule has 1 aliphatic heterocycles. The van der Waals surface area contributed by atoms with Gasteiger partial charge in [0.1, 0.15) is 0 Å². The van der Waals surface area contributed by atoms with E-state index in [-0.39, 0.29) is 11.8 Å². The Morgan fingerprint density at radius 1 is 0.846 bits per heavy atom. The minimum absolute atomic E-state index is 0.0389. The Morgan fingerprint density at radius 3 is 1.31 bits per heavy atom. The third-order valence-electron chi connectivity index (χ3n) is 2.56. The maximum atomic E-state index is 13.3. The molecule has 0 aromatic rings. The summed E-state index contributed by atoms with van der Waals surface area (Å²) in [6.45, 7) is 7.42. The van der Waals surface area contributed by atoms with Crippen LogP contribution in [0.25, 0.3) is 0 Å². The van der Waals surface area contributed by atoms with Gasteiger partial charge in [0, 0.05) is 0 Å². The Morgan fingerprint density at radius 2 is 1.15 bits per heavy atom. The summed E-state index contributed by atoms with van der Waals surface area (Å²) in [5.41, 5.74) is 0. The van der Waals surface area contributed by atoms with Crippen molar-refractivity contribution in [2.75, 3.05) is 0 Å². The van der Waals surface area contributed by atoms with Gasteiger partial charge in [-0.1, -0.05) is 27.7 Å². The van der Waals surface area contributed by atoms with E-state index in [9.17, 15) is 8.78 Å². The number of hydrogen-bond donors (Lipinski definition) is 0. The fourth-order valence-corrected chi connectivity index (χ4v) is 1.74. The van der Waals surface area contributed by atoms with Gasteiger partial charge in [-0.05, 0) is 11.8 Å². The number of halogens is 2. The number of ether oxygens (including phenoxy) is 1. The van der Waals surface area contributed by atoms with Crippen molar-refractivity contribution < 1.29 is 13.5 Å². The smallest absolute Gasteiger partial charge is 0.160 e. The molecule has 1 fully saturated rings. The van der Waals surface area contributed by atoms with E-state index in [0.29, 0.717) is 0 Å². The molecule has 4 atom stereocenters. The zero-order valence-electron chi connectivity index (χ0n) is 8.63. The van der Waals surface area contributed by atoms with Crippen molar-refractivity contribution in [2.45, 2.75) is 52.2 Å². The van der Waals surface area contributed by atoms with E-state index in [1.165, 1.54) is 0 Å². The molecule has 0 aromatic carbocycles. The van der Waals surface area contributed by atoms with Crippen LogP contribution in [-0.4, -0.2) is 24.6 Å². The summed E-state index contributed by atoms with van der Waals surface area (Å²) in [5.74, 6) is 0.0778. The predicted molar refractivity (Wildman–Crippen MR) is 48.1 cm³/mol. The highest BCUT2D eigenvalue weighted by Gasteiger charge is 2.47. The zero-order valence-corrected chi connectivity index (χ0v) is 8.63. The average Bonchev–Trinajstić information content (AvgIpc) is 2.29. The van der Waals surface area contributed by atoms with Gasteiger partial charge < -0.3 is 4.74 Å². The summed E-state index contributed by atoms with van der Waals surface area (Å²) < 4.78 is 32.0. The van der Waals surface area contributed by atoms with E-state index < -0.39 is 24.6 Å². The van der Waals surface area contributed by atoms with E-state index >= 15 is 0 Å². The summed E-state index contributed by atoms with van der Waals surface area (Å²) in [7, 11) is 0. The van der Waals surface area contributed by atoms with Crippen molar-refractivity contribution in [1.82, 2.24) is 0 Å². The lowest BCUT2D eigenvalue weighted by molar-refractivity contribution is -0.0223. The van der Waals surface area contributed by atoms with Gasteiger partial charge in [0.25, 0.3) is 0 Å². The van der Waals surface area contributed by atoms with E-state index in [4.69, 9.17) is 4.74 Å². The Kier molecular flexibility index (Phi) is 3.28. The molecule has 1 aliphatic rings. The van der Waals surface area contributed by atoms with E-state index in [1.54, 1.807) is 0 Å². The largest absolute Gasteiger partial charge is 0.368 e. The van der Waals surface area contributed by atoms with Gasteiger partial charge in [-0.2, -0.15) is 0 Å². The van der Waals surface area contributed by atoms with Gasteiger partial charge in [-0.3, -0.25) is 0 Å². The van der Waals surface area contributed by atoms with Crippen molar-refractivity contribution >= 4 is 0 Å². The molecule has 0 radical (unpaired) electrons. The molecule has 1 rings (SSSR count). The van der Waals surface area contributed by atoms with Gasteiger partial charge in [0.15, 0.2) is 12.3 Å². The standard InChI is InChI=1S/C10H18F2O/c1-5(2)9-7(11)8(12)10(13-9)6(3)4/h5-10H,1-4H3/t7-,8+,9+,10-. The Labute approximate surface area is 78.5 Å². The topological polar surface area (TPSA) is 9.23 Å². The molecular formula is C10H18F2O. The normalized spacial score (nSPS) is 40.6. The molecule has 0 saturated carbocycles. The fourth-order valence-electron chi connectivity index (χ4n) is 1.74. The van der Waals surface area contributed by atoms with Crippen LogP contribution >= 0.6 is 0 Å². The van der Waals surface area contributed by atoms with Crippen molar-refractivity contribution in [2.24, 2.45) is 11.8 Å². The molecule has 0 bridgehead atoms. The summed E-state index contributed by atoms with van der Waals surface area (Å²) in [6, 6.07) is 0. The molecule has 0 spiro atoms. The number of rotatable bonds is 2. The molecule has 0 aliphatic carbocycles. The van der Waals surface area contributed by atoms with Crippen LogP contribution in [0.5, 0.6) is 0 Å². The average molecular weight is 192 g/mol. The fraction of sp³-hybridized carbons (Fsp3) is 1.00. The summed E-state index contributed by atoms with van der Waals surface area (Å²) in [4.78, 5) is 0. The second-order valence-electron chi connectivity index (χ2n) is 4.44. The second kappa shape index (κ2) is 3.91. The Balaban J connectivity index is 2.66. The first-order valence-corrected chi connectivity index (χ1v) is 4.88. The van der Waals surface area contributed by atoms with E-state index in [2.05, 4.69) is 0 Å². The molecule has 1 nitrogen and oxygen atoms in total. The molecule has 0 unspecified atom stereocenters. The lowest BCUT2D eigenvalue weighted by atomic mass is 9.98. The monoisotopic (exact) mass is 192 g/mol. The van der Waals surface area contributed by atoms with Gasteiger partial charge >= 0.3 is 0 Å². The highest BCUT2D eigenvalue weighted by molar-refractivity contribution is 4.93. The molecule has 78 valence electrons. The first-order chi connectivity index (χ1) is 5.95. The van der Waals surface area contributed by atoms with E-state index in [0.717, 1.165) is 0 Å². The summed E-state index contributed by atoms with van der Waals surface area (Å²) in [5, 5.41) is 0. The van der Waals surface area contributed by atoms with Crippen molar-refractivity contribution in [1.29, 1.82) is 0 Å². The van der Waals surface area contributed by atoms with Crippen molar-refractivity contribution in [3.05, 3.63) is 0 Å². The van der Waals surface area contributed by atoms with Crippen LogP contribution in [-0.2, 0) is 4.74 Å². The highest BCUT2D eigenvalue weighted by Crippen LogP contribution is 2.34. The second-order valence-corrected chi connectivity index (χ2v) is 4.44. The molecule has 1 heterocycles. The summed E-state index contributed by atoms with van der Waals surface area (Å²) >= 11 is 0. The third-order valence-corrected chi connectivity index (χ3v) is 2.56. The molecular weight excluding hydrogens is 174 g/mol. The van der Waals surface area contributed by atoms with Crippen LogP contribution in [0, 0.1) is 11.8 Å².